The van der Waals surface area contributed by atoms with E-state index in [0.717, 1.165) is 16.8 Å². The summed E-state index contributed by atoms with van der Waals surface area (Å²) in [6, 6.07) is 7.43. The molecule has 0 radical (unpaired) electrons. The lowest BCUT2D eigenvalue weighted by Crippen LogP contribution is -2.01. The van der Waals surface area contributed by atoms with Gasteiger partial charge in [-0.3, -0.25) is 0 Å². The minimum absolute atomic E-state index is 0.162. The Morgan fingerprint density at radius 1 is 1.35 bits per heavy atom. The van der Waals surface area contributed by atoms with Crippen LogP contribution in [0.2, 0.25) is 0 Å². The van der Waals surface area contributed by atoms with E-state index < -0.39 is 0 Å². The molecule has 1 heterocycles. The SMILES string of the molecule is Cc1cc(Oc2nccc(C#N)n2)c(C(C)C)cc1N. The van der Waals surface area contributed by atoms with Gasteiger partial charge in [-0.25, -0.2) is 4.98 Å². The van der Waals surface area contributed by atoms with Gasteiger partial charge < -0.3 is 10.5 Å². The third-order valence-corrected chi connectivity index (χ3v) is 2.97. The fourth-order valence-corrected chi connectivity index (χ4v) is 1.81. The summed E-state index contributed by atoms with van der Waals surface area (Å²) in [5, 5.41) is 8.84. The van der Waals surface area contributed by atoms with Gasteiger partial charge in [-0.2, -0.15) is 10.2 Å². The van der Waals surface area contributed by atoms with Crippen LogP contribution in [-0.2, 0) is 0 Å². The fraction of sp³-hybridized carbons (Fsp3) is 0.267. The minimum atomic E-state index is 0.162. The smallest absolute Gasteiger partial charge is 0.323 e. The standard InChI is InChI=1S/C15H16N4O/c1-9(2)12-7-13(17)10(3)6-14(12)20-15-18-5-4-11(8-16)19-15/h4-7,9H,17H2,1-3H3. The van der Waals surface area contributed by atoms with Crippen molar-refractivity contribution in [3.8, 4) is 17.8 Å². The highest BCUT2D eigenvalue weighted by atomic mass is 16.5. The van der Waals surface area contributed by atoms with Gasteiger partial charge in [0.25, 0.3) is 0 Å². The molecule has 0 fully saturated rings. The number of nitrogens with zero attached hydrogens (tertiary/aromatic N) is 3. The first-order chi connectivity index (χ1) is 9.51. The number of nitriles is 1. The van der Waals surface area contributed by atoms with Gasteiger partial charge in [0.1, 0.15) is 17.5 Å². The first kappa shape index (κ1) is 13.8. The molecule has 0 spiro atoms. The highest BCUT2D eigenvalue weighted by molar-refractivity contribution is 5.55. The van der Waals surface area contributed by atoms with E-state index in [2.05, 4.69) is 23.8 Å². The maximum atomic E-state index is 8.84. The number of ether oxygens (including phenoxy) is 1. The molecule has 20 heavy (non-hydrogen) atoms. The van der Waals surface area contributed by atoms with E-state index in [-0.39, 0.29) is 17.6 Å². The normalized spacial score (nSPS) is 10.3. The van der Waals surface area contributed by atoms with Crippen LogP contribution < -0.4 is 10.5 Å². The van der Waals surface area contributed by atoms with Crippen molar-refractivity contribution in [1.29, 1.82) is 5.26 Å². The van der Waals surface area contributed by atoms with E-state index >= 15 is 0 Å². The van der Waals surface area contributed by atoms with Crippen LogP contribution in [0.15, 0.2) is 24.4 Å². The summed E-state index contributed by atoms with van der Waals surface area (Å²) >= 11 is 0. The van der Waals surface area contributed by atoms with Crippen LogP contribution in [0.1, 0.15) is 36.6 Å². The largest absolute Gasteiger partial charge is 0.424 e. The molecular formula is C15H16N4O. The van der Waals surface area contributed by atoms with Crippen molar-refractivity contribution in [3.63, 3.8) is 0 Å². The van der Waals surface area contributed by atoms with E-state index in [0.29, 0.717) is 5.75 Å². The summed E-state index contributed by atoms with van der Waals surface area (Å²) in [7, 11) is 0. The zero-order chi connectivity index (χ0) is 14.7. The van der Waals surface area contributed by atoms with Crippen molar-refractivity contribution in [2.75, 3.05) is 5.73 Å². The van der Waals surface area contributed by atoms with Crippen molar-refractivity contribution in [2.24, 2.45) is 0 Å². The molecule has 2 aromatic rings. The molecule has 0 saturated heterocycles. The molecule has 2 rings (SSSR count). The molecule has 5 heteroatoms. The molecule has 0 amide bonds. The van der Waals surface area contributed by atoms with Crippen molar-refractivity contribution in [2.45, 2.75) is 26.7 Å². The van der Waals surface area contributed by atoms with Gasteiger partial charge in [0.05, 0.1) is 0 Å². The Labute approximate surface area is 118 Å². The minimum Gasteiger partial charge on any atom is -0.424 e. The summed E-state index contributed by atoms with van der Waals surface area (Å²) in [6.45, 7) is 6.03. The van der Waals surface area contributed by atoms with Crippen LogP contribution in [-0.4, -0.2) is 9.97 Å². The number of hydrogen-bond donors (Lipinski definition) is 1. The average molecular weight is 268 g/mol. The first-order valence-electron chi connectivity index (χ1n) is 6.32. The molecule has 102 valence electrons. The topological polar surface area (TPSA) is 84.8 Å². The van der Waals surface area contributed by atoms with Gasteiger partial charge >= 0.3 is 6.01 Å². The number of nitrogens with two attached hydrogens (primary N) is 1. The van der Waals surface area contributed by atoms with Crippen molar-refractivity contribution < 1.29 is 4.74 Å². The van der Waals surface area contributed by atoms with Gasteiger partial charge in [0.2, 0.25) is 0 Å². The summed E-state index contributed by atoms with van der Waals surface area (Å²) in [5.41, 5.74) is 8.85. The number of aryl methyl sites for hydroxylation is 1. The predicted octanol–water partition coefficient (Wildman–Crippen LogP) is 3.15. The zero-order valence-corrected chi connectivity index (χ0v) is 11.7. The number of benzene rings is 1. The fourth-order valence-electron chi connectivity index (χ4n) is 1.81. The Kier molecular flexibility index (Phi) is 3.85. The maximum absolute atomic E-state index is 8.84. The van der Waals surface area contributed by atoms with Crippen LogP contribution in [0.4, 0.5) is 5.69 Å². The van der Waals surface area contributed by atoms with Gasteiger partial charge in [-0.05, 0) is 42.2 Å². The van der Waals surface area contributed by atoms with Gasteiger partial charge in [0, 0.05) is 11.9 Å². The highest BCUT2D eigenvalue weighted by Crippen LogP contribution is 2.33. The quantitative estimate of drug-likeness (QED) is 0.864. The Bertz CT molecular complexity index is 674. The van der Waals surface area contributed by atoms with Crippen LogP contribution >= 0.6 is 0 Å². The molecule has 0 aliphatic carbocycles. The van der Waals surface area contributed by atoms with E-state index in [1.165, 1.54) is 12.3 Å². The van der Waals surface area contributed by atoms with Crippen LogP contribution in [0.5, 0.6) is 11.8 Å². The second-order valence-electron chi connectivity index (χ2n) is 4.84. The first-order valence-corrected chi connectivity index (χ1v) is 6.32. The molecule has 2 N–H and O–H groups in total. The maximum Gasteiger partial charge on any atom is 0.323 e. The monoisotopic (exact) mass is 268 g/mol. The second kappa shape index (κ2) is 5.57. The number of rotatable bonds is 3. The van der Waals surface area contributed by atoms with E-state index in [9.17, 15) is 0 Å². The number of nitrogen functional groups attached to an aromatic ring is 1. The summed E-state index contributed by atoms with van der Waals surface area (Å²) in [5.74, 6) is 0.925. The predicted molar refractivity (Wildman–Crippen MR) is 76.5 cm³/mol. The van der Waals surface area contributed by atoms with Crippen LogP contribution in [0, 0.1) is 18.3 Å². The molecule has 1 aromatic heterocycles. The Balaban J connectivity index is 2.42. The Morgan fingerprint density at radius 3 is 2.75 bits per heavy atom. The molecule has 0 aliphatic heterocycles. The van der Waals surface area contributed by atoms with Crippen molar-refractivity contribution in [3.05, 3.63) is 41.2 Å². The molecule has 0 saturated carbocycles. The molecule has 5 nitrogen and oxygen atoms in total. The third kappa shape index (κ3) is 2.86. The summed E-state index contributed by atoms with van der Waals surface area (Å²) in [6.07, 6.45) is 1.50. The lowest BCUT2D eigenvalue weighted by atomic mass is 9.99. The lowest BCUT2D eigenvalue weighted by molar-refractivity contribution is 0.433. The molecule has 0 unspecified atom stereocenters. The lowest BCUT2D eigenvalue weighted by Gasteiger charge is -2.15. The van der Waals surface area contributed by atoms with E-state index in [4.69, 9.17) is 15.7 Å². The van der Waals surface area contributed by atoms with E-state index in [1.54, 1.807) is 0 Å². The summed E-state index contributed by atoms with van der Waals surface area (Å²) < 4.78 is 5.72. The number of hydrogen-bond acceptors (Lipinski definition) is 5. The van der Waals surface area contributed by atoms with Gasteiger partial charge in [0.15, 0.2) is 0 Å². The van der Waals surface area contributed by atoms with Crippen LogP contribution in [0.25, 0.3) is 0 Å². The Hall–Kier alpha value is -2.61. The highest BCUT2D eigenvalue weighted by Gasteiger charge is 2.13. The second-order valence-corrected chi connectivity index (χ2v) is 4.84. The van der Waals surface area contributed by atoms with Crippen LogP contribution in [0.3, 0.4) is 0 Å². The Morgan fingerprint density at radius 2 is 2.10 bits per heavy atom. The van der Waals surface area contributed by atoms with Crippen molar-refractivity contribution in [1.82, 2.24) is 9.97 Å². The molecule has 0 aliphatic rings. The molecular weight excluding hydrogens is 252 g/mol. The number of anilines is 1. The number of aromatic nitrogens is 2. The van der Waals surface area contributed by atoms with Crippen molar-refractivity contribution >= 4 is 5.69 Å². The third-order valence-electron chi connectivity index (χ3n) is 2.97. The zero-order valence-electron chi connectivity index (χ0n) is 11.7. The van der Waals surface area contributed by atoms with Gasteiger partial charge in [-0.15, -0.1) is 0 Å². The average Bonchev–Trinajstić information content (AvgIpc) is 2.42. The molecule has 1 aromatic carbocycles. The molecule has 0 bridgehead atoms. The summed E-state index contributed by atoms with van der Waals surface area (Å²) in [4.78, 5) is 8.03. The molecule has 0 atom stereocenters. The van der Waals surface area contributed by atoms with E-state index in [1.807, 2.05) is 25.1 Å². The van der Waals surface area contributed by atoms with Gasteiger partial charge in [-0.1, -0.05) is 13.8 Å².